The Labute approximate surface area is 179 Å². The van der Waals surface area contributed by atoms with Gasteiger partial charge in [-0.3, -0.25) is 4.79 Å². The molecule has 6 heteroatoms. The van der Waals surface area contributed by atoms with Crippen LogP contribution in [-0.4, -0.2) is 53.6 Å². The molecule has 0 amide bonds. The van der Waals surface area contributed by atoms with Gasteiger partial charge in [-0.05, 0) is 74.2 Å². The van der Waals surface area contributed by atoms with Gasteiger partial charge in [0.05, 0.1) is 11.8 Å². The Morgan fingerprint density at radius 1 is 1.13 bits per heavy atom. The van der Waals surface area contributed by atoms with Gasteiger partial charge in [0.2, 0.25) is 0 Å². The molecule has 4 saturated carbocycles. The van der Waals surface area contributed by atoms with Gasteiger partial charge in [-0.2, -0.15) is 0 Å². The molecule has 0 radical (unpaired) electrons. The van der Waals surface area contributed by atoms with Crippen LogP contribution < -0.4 is 5.32 Å². The third-order valence-corrected chi connectivity index (χ3v) is 10.1. The van der Waals surface area contributed by atoms with E-state index in [-0.39, 0.29) is 47.2 Å². The number of nitrogens with zero attached hydrogens (tertiary/aromatic N) is 1. The Hall–Kier alpha value is -0.980. The van der Waals surface area contributed by atoms with Crippen LogP contribution in [0.5, 0.6) is 0 Å². The van der Waals surface area contributed by atoms with Gasteiger partial charge in [0.25, 0.3) is 0 Å². The van der Waals surface area contributed by atoms with E-state index in [0.29, 0.717) is 18.1 Å². The zero-order chi connectivity index (χ0) is 21.1. The standard InChI is InChI=1S/C24H38N2O4/c1-23-8-5-14(26-30-15-7-10-25-12-15)11-19(23)16(13-27)22(29)21-17-3-4-20(28)24(17,2)9-6-18(21)23/h15-19,21-22,25,27,29H,3-13H2,1-2H3/b26-14-/t15-,16?,17+,18-,19?,21+,22?,23-,24+/m1/s1. The highest BCUT2D eigenvalue weighted by molar-refractivity contribution is 5.87. The van der Waals surface area contributed by atoms with Crippen molar-refractivity contribution in [2.24, 2.45) is 45.6 Å². The minimum Gasteiger partial charge on any atom is -0.396 e. The van der Waals surface area contributed by atoms with E-state index in [1.165, 1.54) is 0 Å². The molecule has 168 valence electrons. The van der Waals surface area contributed by atoms with E-state index in [1.807, 2.05) is 0 Å². The zero-order valence-electron chi connectivity index (χ0n) is 18.5. The topological polar surface area (TPSA) is 91.2 Å². The summed E-state index contributed by atoms with van der Waals surface area (Å²) in [6.07, 6.45) is 6.94. The lowest BCUT2D eigenvalue weighted by atomic mass is 9.42. The number of rotatable bonds is 3. The van der Waals surface area contributed by atoms with E-state index < -0.39 is 6.10 Å². The first-order valence-electron chi connectivity index (χ1n) is 12.1. The minimum atomic E-state index is -0.534. The van der Waals surface area contributed by atoms with Crippen molar-refractivity contribution in [2.75, 3.05) is 19.7 Å². The normalized spacial score (nSPS) is 52.1. The van der Waals surface area contributed by atoms with Crippen molar-refractivity contribution in [3.05, 3.63) is 0 Å². The second-order valence-electron chi connectivity index (χ2n) is 11.2. The van der Waals surface area contributed by atoms with Crippen molar-refractivity contribution < 1.29 is 19.8 Å². The third kappa shape index (κ3) is 3.01. The van der Waals surface area contributed by atoms with Gasteiger partial charge < -0.3 is 20.4 Å². The summed E-state index contributed by atoms with van der Waals surface area (Å²) in [5.74, 6) is 1.28. The molecule has 30 heavy (non-hydrogen) atoms. The lowest BCUT2D eigenvalue weighted by molar-refractivity contribution is -0.188. The maximum absolute atomic E-state index is 12.7. The van der Waals surface area contributed by atoms with Gasteiger partial charge in [0, 0.05) is 37.3 Å². The van der Waals surface area contributed by atoms with Gasteiger partial charge in [-0.15, -0.1) is 0 Å². The fourth-order valence-electron chi connectivity index (χ4n) is 8.21. The number of hydrogen-bond donors (Lipinski definition) is 3. The van der Waals surface area contributed by atoms with E-state index in [0.717, 1.165) is 63.7 Å². The monoisotopic (exact) mass is 418 g/mol. The van der Waals surface area contributed by atoms with Gasteiger partial charge >= 0.3 is 0 Å². The van der Waals surface area contributed by atoms with E-state index in [2.05, 4.69) is 24.3 Å². The summed E-state index contributed by atoms with van der Waals surface area (Å²) in [4.78, 5) is 18.5. The van der Waals surface area contributed by atoms with Gasteiger partial charge in [0.15, 0.2) is 0 Å². The molecule has 3 N–H and O–H groups in total. The van der Waals surface area contributed by atoms with Gasteiger partial charge in [0.1, 0.15) is 11.9 Å². The molecule has 5 rings (SSSR count). The average molecular weight is 419 g/mol. The summed E-state index contributed by atoms with van der Waals surface area (Å²) in [7, 11) is 0. The molecule has 5 fully saturated rings. The van der Waals surface area contributed by atoms with Crippen molar-refractivity contribution in [2.45, 2.75) is 77.4 Å². The van der Waals surface area contributed by atoms with E-state index in [9.17, 15) is 15.0 Å². The summed E-state index contributed by atoms with van der Waals surface area (Å²) in [6, 6.07) is 0. The van der Waals surface area contributed by atoms with Crippen LogP contribution in [0.3, 0.4) is 0 Å². The van der Waals surface area contributed by atoms with Crippen LogP contribution in [0, 0.1) is 40.4 Å². The number of aliphatic hydroxyl groups excluding tert-OH is 2. The number of carbonyl (C=O) groups excluding carboxylic acids is 1. The van der Waals surface area contributed by atoms with E-state index in [4.69, 9.17) is 4.84 Å². The van der Waals surface area contributed by atoms with Crippen LogP contribution in [0.15, 0.2) is 5.16 Å². The number of ketones is 1. The number of Topliss-reactive ketones (excluding diaryl/α,β-unsaturated/α-hetero) is 1. The molecule has 4 aliphatic carbocycles. The molecule has 5 aliphatic rings. The Balaban J connectivity index is 1.41. The molecule has 9 atom stereocenters. The molecular formula is C24H38N2O4. The Kier molecular flexibility index (Phi) is 5.27. The van der Waals surface area contributed by atoms with Crippen LogP contribution in [0.25, 0.3) is 0 Å². The van der Waals surface area contributed by atoms with Crippen molar-refractivity contribution >= 4 is 11.5 Å². The van der Waals surface area contributed by atoms with Crippen molar-refractivity contribution in [3.63, 3.8) is 0 Å². The third-order valence-electron chi connectivity index (χ3n) is 10.1. The maximum Gasteiger partial charge on any atom is 0.141 e. The molecule has 0 aromatic carbocycles. The molecule has 0 spiro atoms. The van der Waals surface area contributed by atoms with Crippen molar-refractivity contribution in [1.82, 2.24) is 5.32 Å². The molecule has 1 saturated heterocycles. The summed E-state index contributed by atoms with van der Waals surface area (Å²) < 4.78 is 0. The maximum atomic E-state index is 12.7. The van der Waals surface area contributed by atoms with Gasteiger partial charge in [-0.25, -0.2) is 0 Å². The highest BCUT2D eigenvalue weighted by Crippen LogP contribution is 2.66. The van der Waals surface area contributed by atoms with Crippen LogP contribution in [0.4, 0.5) is 0 Å². The largest absolute Gasteiger partial charge is 0.396 e. The van der Waals surface area contributed by atoms with E-state index in [1.54, 1.807) is 0 Å². The quantitative estimate of drug-likeness (QED) is 0.613. The number of nitrogens with one attached hydrogen (secondary N) is 1. The number of oxime groups is 1. The molecule has 1 heterocycles. The summed E-state index contributed by atoms with van der Waals surface area (Å²) >= 11 is 0. The Morgan fingerprint density at radius 2 is 1.97 bits per heavy atom. The number of fused-ring (bicyclic) bond motifs is 5. The molecule has 1 aliphatic heterocycles. The van der Waals surface area contributed by atoms with Crippen LogP contribution in [0.2, 0.25) is 0 Å². The van der Waals surface area contributed by atoms with Crippen LogP contribution >= 0.6 is 0 Å². The summed E-state index contributed by atoms with van der Waals surface area (Å²) in [5.41, 5.74) is 0.902. The number of aliphatic hydroxyl groups is 2. The predicted octanol–water partition coefficient (Wildman–Crippen LogP) is 2.52. The van der Waals surface area contributed by atoms with Crippen LogP contribution in [0.1, 0.15) is 65.2 Å². The number of carbonyl (C=O) groups is 1. The Bertz CT molecular complexity index is 720. The van der Waals surface area contributed by atoms with Crippen molar-refractivity contribution in [1.29, 1.82) is 0 Å². The van der Waals surface area contributed by atoms with Crippen LogP contribution in [-0.2, 0) is 9.63 Å². The lowest BCUT2D eigenvalue weighted by Gasteiger charge is -2.63. The molecule has 6 nitrogen and oxygen atoms in total. The first-order valence-corrected chi connectivity index (χ1v) is 12.1. The smallest absolute Gasteiger partial charge is 0.141 e. The second-order valence-corrected chi connectivity index (χ2v) is 11.2. The molecule has 0 aromatic rings. The first kappa shape index (κ1) is 20.9. The summed E-state index contributed by atoms with van der Waals surface area (Å²) in [6.45, 7) is 6.38. The van der Waals surface area contributed by atoms with Crippen molar-refractivity contribution in [3.8, 4) is 0 Å². The highest BCUT2D eigenvalue weighted by atomic mass is 16.6. The minimum absolute atomic E-state index is 0.00268. The average Bonchev–Trinajstić information content (AvgIpc) is 3.36. The SMILES string of the molecule is C[C@]12CC/C(=N/O[C@@H]3CCNC3)CC1C(CO)C(O)[C@@H]1[C@H]2CC[C@]2(C)C(=O)CC[C@@H]12. The second kappa shape index (κ2) is 7.56. The predicted molar refractivity (Wildman–Crippen MR) is 114 cm³/mol. The lowest BCUT2D eigenvalue weighted by Crippen LogP contribution is -2.62. The molecule has 0 aromatic heterocycles. The highest BCUT2D eigenvalue weighted by Gasteiger charge is 2.64. The number of hydrogen-bond acceptors (Lipinski definition) is 6. The van der Waals surface area contributed by atoms with E-state index >= 15 is 0 Å². The Morgan fingerprint density at radius 3 is 2.70 bits per heavy atom. The van der Waals surface area contributed by atoms with Gasteiger partial charge in [-0.1, -0.05) is 19.0 Å². The molecule has 3 unspecified atom stereocenters. The molecule has 0 bridgehead atoms. The summed E-state index contributed by atoms with van der Waals surface area (Å²) in [5, 5.41) is 29.7. The molecular weight excluding hydrogens is 380 g/mol. The fraction of sp³-hybridized carbons (Fsp3) is 0.917. The zero-order valence-corrected chi connectivity index (χ0v) is 18.5. The fourth-order valence-corrected chi connectivity index (χ4v) is 8.21. The first-order chi connectivity index (χ1) is 14.4.